The monoisotopic (exact) mass is 318 g/mol. The Bertz CT molecular complexity index is 586. The average Bonchev–Trinajstić information content (AvgIpc) is 2.73. The third-order valence-electron chi connectivity index (χ3n) is 5.12. The van der Waals surface area contributed by atoms with Gasteiger partial charge in [-0.15, -0.1) is 0 Å². The Morgan fingerprint density at radius 2 is 1.91 bits per heavy atom. The Kier molecular flexibility index (Phi) is 3.93. The first-order chi connectivity index (χ1) is 10.6. The number of aromatic nitrogens is 2. The highest BCUT2D eigenvalue weighted by Crippen LogP contribution is 2.45. The van der Waals surface area contributed by atoms with Crippen molar-refractivity contribution in [2.24, 2.45) is 10.8 Å². The van der Waals surface area contributed by atoms with E-state index in [2.05, 4.69) is 43.0 Å². The van der Waals surface area contributed by atoms with Crippen molar-refractivity contribution in [1.29, 1.82) is 0 Å². The molecule has 1 aromatic heterocycles. The number of nitrogens with one attached hydrogen (secondary N) is 2. The van der Waals surface area contributed by atoms with Gasteiger partial charge in [0.25, 0.3) is 0 Å². The zero-order chi connectivity index (χ0) is 16.8. The van der Waals surface area contributed by atoms with Gasteiger partial charge in [-0.2, -0.15) is 0 Å². The van der Waals surface area contributed by atoms with Crippen LogP contribution in [0.5, 0.6) is 0 Å². The van der Waals surface area contributed by atoms with E-state index >= 15 is 0 Å². The molecule has 128 valence electrons. The van der Waals surface area contributed by atoms with Gasteiger partial charge in [-0.05, 0) is 37.0 Å². The van der Waals surface area contributed by atoms with Gasteiger partial charge in [-0.25, -0.2) is 9.78 Å². The zero-order valence-electron chi connectivity index (χ0n) is 15.1. The Balaban J connectivity index is 1.63. The maximum Gasteiger partial charge on any atom is 0.317 e. The van der Waals surface area contributed by atoms with E-state index < -0.39 is 0 Å². The lowest BCUT2D eigenvalue weighted by atomic mass is 9.63. The summed E-state index contributed by atoms with van der Waals surface area (Å²) in [6, 6.07) is 0.340. The van der Waals surface area contributed by atoms with Gasteiger partial charge in [0.2, 0.25) is 0 Å². The number of rotatable bonds is 1. The summed E-state index contributed by atoms with van der Waals surface area (Å²) in [4.78, 5) is 22.4. The smallest absolute Gasteiger partial charge is 0.317 e. The van der Waals surface area contributed by atoms with Crippen LogP contribution in [-0.4, -0.2) is 33.5 Å². The van der Waals surface area contributed by atoms with E-state index in [9.17, 15) is 4.79 Å². The van der Waals surface area contributed by atoms with Gasteiger partial charge in [-0.1, -0.05) is 27.7 Å². The van der Waals surface area contributed by atoms with E-state index in [-0.39, 0.29) is 22.9 Å². The van der Waals surface area contributed by atoms with Gasteiger partial charge in [-0.3, -0.25) is 0 Å². The molecule has 0 spiro atoms. The van der Waals surface area contributed by atoms with E-state index in [0.717, 1.165) is 43.0 Å². The fourth-order valence-corrected chi connectivity index (χ4v) is 4.82. The van der Waals surface area contributed by atoms with Crippen LogP contribution in [0.25, 0.3) is 0 Å². The van der Waals surface area contributed by atoms with Gasteiger partial charge in [0.05, 0.1) is 17.9 Å². The molecule has 2 heterocycles. The number of H-pyrrole nitrogens is 1. The molecule has 2 N–H and O–H groups in total. The van der Waals surface area contributed by atoms with Gasteiger partial charge in [0.15, 0.2) is 0 Å². The molecule has 2 aliphatic rings. The first-order valence-electron chi connectivity index (χ1n) is 8.73. The molecule has 1 fully saturated rings. The molecule has 1 aromatic rings. The van der Waals surface area contributed by atoms with Gasteiger partial charge >= 0.3 is 6.03 Å². The number of carbonyl (C=O) groups excluding carboxylic acids is 1. The van der Waals surface area contributed by atoms with Crippen molar-refractivity contribution >= 4 is 6.03 Å². The molecule has 0 aromatic carbocycles. The largest absolute Gasteiger partial charge is 0.344 e. The summed E-state index contributed by atoms with van der Waals surface area (Å²) in [5.74, 6) is 0.938. The molecule has 1 aliphatic heterocycles. The van der Waals surface area contributed by atoms with Gasteiger partial charge in [0, 0.05) is 19.0 Å². The maximum atomic E-state index is 12.7. The normalized spacial score (nSPS) is 23.4. The minimum absolute atomic E-state index is 0.0707. The maximum absolute atomic E-state index is 12.7. The number of hydrogen-bond acceptors (Lipinski definition) is 2. The van der Waals surface area contributed by atoms with Crippen LogP contribution in [0, 0.1) is 17.8 Å². The fourth-order valence-electron chi connectivity index (χ4n) is 4.82. The Hall–Kier alpha value is -1.52. The number of aryl methyl sites for hydroxylation is 1. The third-order valence-corrected chi connectivity index (χ3v) is 5.12. The van der Waals surface area contributed by atoms with E-state index in [1.165, 1.54) is 6.42 Å². The van der Waals surface area contributed by atoms with Crippen LogP contribution in [0.1, 0.15) is 64.2 Å². The van der Waals surface area contributed by atoms with Gasteiger partial charge < -0.3 is 15.2 Å². The molecule has 3 rings (SSSR count). The molecule has 5 heteroatoms. The van der Waals surface area contributed by atoms with Crippen molar-refractivity contribution in [1.82, 2.24) is 20.2 Å². The number of amides is 2. The fraction of sp³-hybridized carbons (Fsp3) is 0.778. The van der Waals surface area contributed by atoms with Gasteiger partial charge in [0.1, 0.15) is 5.82 Å². The van der Waals surface area contributed by atoms with Crippen molar-refractivity contribution in [2.75, 3.05) is 6.54 Å². The molecule has 2 amide bonds. The molecular formula is C18H30N4O. The Morgan fingerprint density at radius 3 is 2.57 bits per heavy atom. The van der Waals surface area contributed by atoms with Crippen LogP contribution in [0.15, 0.2) is 0 Å². The Morgan fingerprint density at radius 1 is 1.26 bits per heavy atom. The predicted molar refractivity (Wildman–Crippen MR) is 91.2 cm³/mol. The topological polar surface area (TPSA) is 61.0 Å². The number of carbonyl (C=O) groups is 1. The molecule has 0 radical (unpaired) electrons. The minimum Gasteiger partial charge on any atom is -0.344 e. The summed E-state index contributed by atoms with van der Waals surface area (Å²) >= 11 is 0. The van der Waals surface area contributed by atoms with E-state index in [4.69, 9.17) is 0 Å². The molecule has 5 nitrogen and oxygen atoms in total. The van der Waals surface area contributed by atoms with Crippen molar-refractivity contribution in [3.8, 4) is 0 Å². The number of fused-ring (bicyclic) bond motifs is 1. The zero-order valence-corrected chi connectivity index (χ0v) is 15.1. The van der Waals surface area contributed by atoms with Crippen LogP contribution in [0.3, 0.4) is 0 Å². The van der Waals surface area contributed by atoms with E-state index in [1.807, 2.05) is 11.8 Å². The highest BCUT2D eigenvalue weighted by molar-refractivity contribution is 5.74. The molecule has 23 heavy (non-hydrogen) atoms. The van der Waals surface area contributed by atoms with Crippen LogP contribution >= 0.6 is 0 Å². The Labute approximate surface area is 139 Å². The molecule has 0 bridgehead atoms. The number of urea groups is 1. The number of aromatic amines is 1. The van der Waals surface area contributed by atoms with Crippen molar-refractivity contribution in [2.45, 2.75) is 72.9 Å². The molecular weight excluding hydrogens is 288 g/mol. The van der Waals surface area contributed by atoms with Crippen LogP contribution in [0.2, 0.25) is 0 Å². The lowest BCUT2D eigenvalue weighted by molar-refractivity contribution is 0.0844. The second-order valence-corrected chi connectivity index (χ2v) is 8.98. The first kappa shape index (κ1) is 16.3. The van der Waals surface area contributed by atoms with Crippen molar-refractivity contribution in [3.05, 3.63) is 17.2 Å². The predicted octanol–water partition coefficient (Wildman–Crippen LogP) is 3.39. The number of hydrogen-bond donors (Lipinski definition) is 2. The lowest BCUT2D eigenvalue weighted by Crippen LogP contribution is -2.51. The van der Waals surface area contributed by atoms with Crippen LogP contribution in [-0.2, 0) is 13.0 Å². The molecule has 1 saturated carbocycles. The highest BCUT2D eigenvalue weighted by atomic mass is 16.2. The second-order valence-electron chi connectivity index (χ2n) is 8.98. The summed E-state index contributed by atoms with van der Waals surface area (Å²) < 4.78 is 0. The first-order valence-corrected chi connectivity index (χ1v) is 8.73. The number of nitrogens with zero attached hydrogens (tertiary/aromatic N) is 2. The molecule has 0 saturated heterocycles. The highest BCUT2D eigenvalue weighted by Gasteiger charge is 2.39. The standard InChI is InChI=1S/C18H30N4O/c1-12-19-14-6-7-22(10-15(14)20-12)16(23)21-13-8-17(2,3)11-18(4,5)9-13/h13H,6-11H2,1-5H3,(H,19,20)(H,21,23). The molecule has 0 unspecified atom stereocenters. The van der Waals surface area contributed by atoms with E-state index in [0.29, 0.717) is 6.54 Å². The summed E-state index contributed by atoms with van der Waals surface area (Å²) in [5.41, 5.74) is 2.78. The van der Waals surface area contributed by atoms with Crippen LogP contribution in [0.4, 0.5) is 4.79 Å². The second kappa shape index (κ2) is 5.53. The summed E-state index contributed by atoms with van der Waals surface area (Å²) in [5, 5.41) is 3.29. The quantitative estimate of drug-likeness (QED) is 0.834. The average molecular weight is 318 g/mol. The minimum atomic E-state index is 0.0707. The van der Waals surface area contributed by atoms with Crippen molar-refractivity contribution in [3.63, 3.8) is 0 Å². The SMILES string of the molecule is Cc1nc2c([nH]1)CN(C(=O)NC1CC(C)(C)CC(C)(C)C1)CC2. The van der Waals surface area contributed by atoms with E-state index in [1.54, 1.807) is 0 Å². The summed E-state index contributed by atoms with van der Waals surface area (Å²) in [6.07, 6.45) is 4.18. The summed E-state index contributed by atoms with van der Waals surface area (Å²) in [7, 11) is 0. The third kappa shape index (κ3) is 3.70. The molecule has 0 atom stereocenters. The summed E-state index contributed by atoms with van der Waals surface area (Å²) in [6.45, 7) is 12.6. The van der Waals surface area contributed by atoms with Crippen molar-refractivity contribution < 1.29 is 4.79 Å². The number of imidazole rings is 1. The van der Waals surface area contributed by atoms with Crippen LogP contribution < -0.4 is 5.32 Å². The molecule has 1 aliphatic carbocycles. The lowest BCUT2D eigenvalue weighted by Gasteiger charge is -2.45.